The highest BCUT2D eigenvalue weighted by molar-refractivity contribution is 5.77. The minimum absolute atomic E-state index is 0.398. The summed E-state index contributed by atoms with van der Waals surface area (Å²) in [5.74, 6) is 0. The summed E-state index contributed by atoms with van der Waals surface area (Å²) in [5.41, 5.74) is 5.25. The van der Waals surface area contributed by atoms with Crippen LogP contribution in [0.1, 0.15) is 24.2 Å². The molecule has 1 atom stereocenters. The quantitative estimate of drug-likeness (QED) is 0.741. The molecule has 4 rings (SSSR count). The number of ether oxygens (including phenoxy) is 1. The van der Waals surface area contributed by atoms with Gasteiger partial charge in [-0.1, -0.05) is 24.3 Å². The van der Waals surface area contributed by atoms with Crippen molar-refractivity contribution >= 4 is 5.65 Å². The number of hydrogen-bond acceptors (Lipinski definition) is 5. The monoisotopic (exact) mass is 323 g/mol. The van der Waals surface area contributed by atoms with Crippen LogP contribution in [0.2, 0.25) is 0 Å². The summed E-state index contributed by atoms with van der Waals surface area (Å²) < 4.78 is 7.18. The fraction of sp³-hybridized carbons (Fsp3) is 0.389. The summed E-state index contributed by atoms with van der Waals surface area (Å²) in [6.07, 6.45) is 1.64. The molecule has 1 aliphatic rings. The van der Waals surface area contributed by atoms with Crippen LogP contribution in [0.4, 0.5) is 0 Å². The molecular formula is C18H21N5O. The summed E-state index contributed by atoms with van der Waals surface area (Å²) in [6.45, 7) is 7.87. The van der Waals surface area contributed by atoms with Crippen molar-refractivity contribution in [2.75, 3.05) is 26.3 Å². The first-order valence-corrected chi connectivity index (χ1v) is 8.32. The van der Waals surface area contributed by atoms with Gasteiger partial charge in [0.2, 0.25) is 0 Å². The molecule has 3 aromatic rings. The summed E-state index contributed by atoms with van der Waals surface area (Å²) in [7, 11) is 0. The van der Waals surface area contributed by atoms with Crippen LogP contribution < -0.4 is 0 Å². The van der Waals surface area contributed by atoms with E-state index in [2.05, 4.69) is 57.5 Å². The van der Waals surface area contributed by atoms with Crippen molar-refractivity contribution in [3.05, 3.63) is 47.9 Å². The minimum atomic E-state index is 0.398. The van der Waals surface area contributed by atoms with E-state index in [1.54, 1.807) is 10.8 Å². The zero-order valence-corrected chi connectivity index (χ0v) is 14.0. The Morgan fingerprint density at radius 3 is 2.62 bits per heavy atom. The molecule has 1 aromatic carbocycles. The molecule has 1 saturated heterocycles. The molecule has 1 unspecified atom stereocenters. The van der Waals surface area contributed by atoms with Crippen molar-refractivity contribution in [2.24, 2.45) is 0 Å². The number of hydrogen-bond donors (Lipinski definition) is 0. The molecule has 0 aliphatic carbocycles. The fourth-order valence-electron chi connectivity index (χ4n) is 3.28. The lowest BCUT2D eigenvalue weighted by molar-refractivity contribution is 0.0198. The van der Waals surface area contributed by atoms with Crippen molar-refractivity contribution < 1.29 is 4.74 Å². The van der Waals surface area contributed by atoms with Crippen LogP contribution in [-0.4, -0.2) is 51.0 Å². The van der Waals surface area contributed by atoms with Crippen LogP contribution in [0.5, 0.6) is 0 Å². The molecule has 3 heterocycles. The zero-order chi connectivity index (χ0) is 16.5. The number of benzene rings is 1. The van der Waals surface area contributed by atoms with E-state index in [0.29, 0.717) is 6.04 Å². The Bertz CT molecular complexity index is 836. The van der Waals surface area contributed by atoms with E-state index < -0.39 is 0 Å². The summed E-state index contributed by atoms with van der Waals surface area (Å²) in [6, 6.07) is 11.2. The lowest BCUT2D eigenvalue weighted by Crippen LogP contribution is -2.37. The largest absolute Gasteiger partial charge is 0.379 e. The van der Waals surface area contributed by atoms with Gasteiger partial charge in [-0.3, -0.25) is 4.90 Å². The molecule has 6 heteroatoms. The first-order chi connectivity index (χ1) is 11.7. The summed E-state index contributed by atoms with van der Waals surface area (Å²) in [4.78, 5) is 2.46. The predicted molar refractivity (Wildman–Crippen MR) is 91.8 cm³/mol. The van der Waals surface area contributed by atoms with Gasteiger partial charge in [0.15, 0.2) is 5.65 Å². The van der Waals surface area contributed by atoms with Gasteiger partial charge in [-0.05, 0) is 31.0 Å². The number of aromatic nitrogens is 4. The van der Waals surface area contributed by atoms with E-state index in [0.717, 1.165) is 48.8 Å². The van der Waals surface area contributed by atoms with Crippen molar-refractivity contribution in [3.63, 3.8) is 0 Å². The van der Waals surface area contributed by atoms with Gasteiger partial charge in [0.25, 0.3) is 0 Å². The van der Waals surface area contributed by atoms with Gasteiger partial charge in [0.05, 0.1) is 18.9 Å². The van der Waals surface area contributed by atoms with E-state index in [1.165, 1.54) is 5.56 Å². The van der Waals surface area contributed by atoms with E-state index >= 15 is 0 Å². The maximum absolute atomic E-state index is 5.44. The molecule has 0 radical (unpaired) electrons. The van der Waals surface area contributed by atoms with E-state index in [9.17, 15) is 0 Å². The summed E-state index contributed by atoms with van der Waals surface area (Å²) in [5, 5.41) is 12.6. The predicted octanol–water partition coefficient (Wildman–Crippen LogP) is 2.49. The molecule has 0 saturated carbocycles. The number of nitrogens with zero attached hydrogens (tertiary/aromatic N) is 5. The molecule has 24 heavy (non-hydrogen) atoms. The Labute approximate surface area is 141 Å². The molecule has 124 valence electrons. The average Bonchev–Trinajstić information content (AvgIpc) is 3.09. The van der Waals surface area contributed by atoms with Crippen molar-refractivity contribution in [1.82, 2.24) is 24.7 Å². The van der Waals surface area contributed by atoms with Crippen LogP contribution in [0, 0.1) is 6.92 Å². The van der Waals surface area contributed by atoms with Gasteiger partial charge in [-0.25, -0.2) is 0 Å². The van der Waals surface area contributed by atoms with Crippen LogP contribution in [0.15, 0.2) is 36.7 Å². The first kappa shape index (κ1) is 15.2. The molecule has 2 aromatic heterocycles. The number of fused-ring (bicyclic) bond motifs is 1. The average molecular weight is 323 g/mol. The zero-order valence-electron chi connectivity index (χ0n) is 14.0. The van der Waals surface area contributed by atoms with Crippen molar-refractivity contribution in [1.29, 1.82) is 0 Å². The number of aryl methyl sites for hydroxylation is 1. The van der Waals surface area contributed by atoms with E-state index in [-0.39, 0.29) is 0 Å². The van der Waals surface area contributed by atoms with Crippen molar-refractivity contribution in [3.8, 4) is 11.1 Å². The topological polar surface area (TPSA) is 55.5 Å². The molecule has 6 nitrogen and oxygen atoms in total. The SMILES string of the molecule is Cc1cc(-c2ccc(C(C)N3CCOCC3)cc2)c2nncn2n1. The second kappa shape index (κ2) is 6.30. The Morgan fingerprint density at radius 1 is 1.12 bits per heavy atom. The van der Waals surface area contributed by atoms with Gasteiger partial charge in [-0.15, -0.1) is 10.2 Å². The standard InChI is InChI=1S/C18H21N5O/c1-13-11-17(18-20-19-12-23(18)21-13)16-5-3-15(4-6-16)14(2)22-7-9-24-10-8-22/h3-6,11-12,14H,7-10H2,1-2H3. The highest BCUT2D eigenvalue weighted by atomic mass is 16.5. The second-order valence-corrected chi connectivity index (χ2v) is 6.24. The van der Waals surface area contributed by atoms with E-state index in [1.807, 2.05) is 6.92 Å². The molecule has 0 spiro atoms. The molecule has 0 amide bonds. The molecule has 0 N–H and O–H groups in total. The molecule has 1 fully saturated rings. The summed E-state index contributed by atoms with van der Waals surface area (Å²) >= 11 is 0. The minimum Gasteiger partial charge on any atom is -0.379 e. The number of morpholine rings is 1. The van der Waals surface area contributed by atoms with Crippen LogP contribution >= 0.6 is 0 Å². The van der Waals surface area contributed by atoms with Crippen molar-refractivity contribution in [2.45, 2.75) is 19.9 Å². The third-order valence-corrected chi connectivity index (χ3v) is 4.69. The Morgan fingerprint density at radius 2 is 1.88 bits per heavy atom. The maximum atomic E-state index is 5.44. The first-order valence-electron chi connectivity index (χ1n) is 8.32. The van der Waals surface area contributed by atoms with Gasteiger partial charge in [0, 0.05) is 24.7 Å². The highest BCUT2D eigenvalue weighted by Gasteiger charge is 2.18. The third-order valence-electron chi connectivity index (χ3n) is 4.69. The smallest absolute Gasteiger partial charge is 0.185 e. The Kier molecular flexibility index (Phi) is 4.00. The number of rotatable bonds is 3. The molecule has 0 bridgehead atoms. The third kappa shape index (κ3) is 2.79. The van der Waals surface area contributed by atoms with Crippen LogP contribution in [-0.2, 0) is 4.74 Å². The second-order valence-electron chi connectivity index (χ2n) is 6.24. The van der Waals surface area contributed by atoms with Crippen LogP contribution in [0.25, 0.3) is 16.8 Å². The van der Waals surface area contributed by atoms with Gasteiger partial charge < -0.3 is 4.74 Å². The lowest BCUT2D eigenvalue weighted by Gasteiger charge is -2.32. The fourth-order valence-corrected chi connectivity index (χ4v) is 3.28. The van der Waals surface area contributed by atoms with Gasteiger partial charge in [0.1, 0.15) is 6.33 Å². The highest BCUT2D eigenvalue weighted by Crippen LogP contribution is 2.27. The van der Waals surface area contributed by atoms with Crippen LogP contribution in [0.3, 0.4) is 0 Å². The van der Waals surface area contributed by atoms with Gasteiger partial charge >= 0.3 is 0 Å². The van der Waals surface area contributed by atoms with Gasteiger partial charge in [-0.2, -0.15) is 9.61 Å². The molecule has 1 aliphatic heterocycles. The van der Waals surface area contributed by atoms with E-state index in [4.69, 9.17) is 4.74 Å². The Hall–Kier alpha value is -2.31. The lowest BCUT2D eigenvalue weighted by atomic mass is 10.0. The normalized spacial score (nSPS) is 17.2. The maximum Gasteiger partial charge on any atom is 0.185 e. The molecular weight excluding hydrogens is 302 g/mol. The Balaban J connectivity index is 1.64.